The Balaban J connectivity index is 2.84. The average molecular weight is 285 g/mol. The van der Waals surface area contributed by atoms with Crippen LogP contribution in [0.2, 0.25) is 0 Å². The second kappa shape index (κ2) is 6.30. The Labute approximate surface area is 110 Å². The number of benzene rings is 1. The average Bonchev–Trinajstić information content (AvgIpc) is 2.35. The van der Waals surface area contributed by atoms with Gasteiger partial charge in [0.15, 0.2) is 0 Å². The van der Waals surface area contributed by atoms with Gasteiger partial charge in [-0.05, 0) is 18.6 Å². The molecule has 0 radical (unpaired) electrons. The van der Waals surface area contributed by atoms with Crippen LogP contribution in [0.3, 0.4) is 0 Å². The molecule has 104 valence electrons. The fraction of sp³-hybridized carbons (Fsp3) is 0.273. The number of carboxylic acids is 1. The van der Waals surface area contributed by atoms with Gasteiger partial charge in [-0.1, -0.05) is 18.2 Å². The van der Waals surface area contributed by atoms with Gasteiger partial charge in [0.1, 0.15) is 0 Å². The number of nitrogens with two attached hydrogens (primary N) is 1. The first-order valence-electron chi connectivity index (χ1n) is 5.39. The van der Waals surface area contributed by atoms with E-state index < -0.39 is 27.9 Å². The van der Waals surface area contributed by atoms with Gasteiger partial charge in [0.2, 0.25) is 15.9 Å². The number of hydrogen-bond donors (Lipinski definition) is 2. The predicted octanol–water partition coefficient (Wildman–Crippen LogP) is -1.65. The van der Waals surface area contributed by atoms with Crippen LogP contribution in [-0.4, -0.2) is 26.3 Å². The Bertz CT molecular complexity index is 556. The molecule has 1 amide bonds. The summed E-state index contributed by atoms with van der Waals surface area (Å²) in [6, 6.07) is 5.78. The van der Waals surface area contributed by atoms with Crippen molar-refractivity contribution in [1.29, 1.82) is 0 Å². The SMILES string of the molecule is NC(=O)CC[C@@H](NS(=O)(=O)c1ccccc1)C(=O)[O-]. The molecule has 0 heterocycles. The van der Waals surface area contributed by atoms with Gasteiger partial charge in [0, 0.05) is 6.42 Å². The molecule has 0 aromatic heterocycles. The van der Waals surface area contributed by atoms with Crippen molar-refractivity contribution in [3.63, 3.8) is 0 Å². The van der Waals surface area contributed by atoms with Crippen LogP contribution in [-0.2, 0) is 19.6 Å². The van der Waals surface area contributed by atoms with E-state index in [0.29, 0.717) is 0 Å². The molecule has 0 bridgehead atoms. The van der Waals surface area contributed by atoms with Crippen LogP contribution in [0.5, 0.6) is 0 Å². The van der Waals surface area contributed by atoms with E-state index in [1.54, 1.807) is 6.07 Å². The molecular weight excluding hydrogens is 272 g/mol. The van der Waals surface area contributed by atoms with Crippen LogP contribution in [0.1, 0.15) is 12.8 Å². The van der Waals surface area contributed by atoms with Crippen molar-refractivity contribution in [2.45, 2.75) is 23.8 Å². The third-order valence-electron chi connectivity index (χ3n) is 2.31. The van der Waals surface area contributed by atoms with Gasteiger partial charge in [0.25, 0.3) is 0 Å². The molecule has 0 aliphatic rings. The van der Waals surface area contributed by atoms with E-state index in [-0.39, 0.29) is 17.7 Å². The maximum absolute atomic E-state index is 11.9. The lowest BCUT2D eigenvalue weighted by Crippen LogP contribution is -2.48. The van der Waals surface area contributed by atoms with Gasteiger partial charge in [-0.3, -0.25) is 4.79 Å². The minimum absolute atomic E-state index is 0.0691. The standard InChI is InChI=1S/C11H14N2O5S/c12-10(14)7-6-9(11(15)16)13-19(17,18)8-4-2-1-3-5-8/h1-5,9,13H,6-7H2,(H2,12,14)(H,15,16)/p-1/t9-/m1/s1. The molecule has 7 nitrogen and oxygen atoms in total. The van der Waals surface area contributed by atoms with Crippen LogP contribution in [0.4, 0.5) is 0 Å². The monoisotopic (exact) mass is 285 g/mol. The summed E-state index contributed by atoms with van der Waals surface area (Å²) in [5, 5.41) is 10.8. The van der Waals surface area contributed by atoms with Gasteiger partial charge in [-0.25, -0.2) is 13.1 Å². The van der Waals surface area contributed by atoms with Crippen molar-refractivity contribution in [2.24, 2.45) is 5.73 Å². The topological polar surface area (TPSA) is 129 Å². The van der Waals surface area contributed by atoms with Crippen LogP contribution < -0.4 is 15.6 Å². The summed E-state index contributed by atoms with van der Waals surface area (Å²) in [5.74, 6) is -2.33. The number of rotatable bonds is 7. The molecule has 0 aliphatic carbocycles. The third kappa shape index (κ3) is 4.68. The van der Waals surface area contributed by atoms with Crippen molar-refractivity contribution in [3.8, 4) is 0 Å². The van der Waals surface area contributed by atoms with Gasteiger partial charge in [0.05, 0.1) is 16.9 Å². The lowest BCUT2D eigenvalue weighted by molar-refractivity contribution is -0.308. The zero-order valence-electron chi connectivity index (χ0n) is 9.91. The lowest BCUT2D eigenvalue weighted by atomic mass is 10.2. The highest BCUT2D eigenvalue weighted by atomic mass is 32.2. The fourth-order valence-corrected chi connectivity index (χ4v) is 2.61. The first-order chi connectivity index (χ1) is 8.83. The first-order valence-corrected chi connectivity index (χ1v) is 6.88. The van der Waals surface area contributed by atoms with Gasteiger partial charge in [-0.15, -0.1) is 0 Å². The van der Waals surface area contributed by atoms with Crippen molar-refractivity contribution >= 4 is 21.9 Å². The maximum atomic E-state index is 11.9. The Morgan fingerprint density at radius 2 is 1.84 bits per heavy atom. The molecule has 1 rings (SSSR count). The second-order valence-electron chi connectivity index (χ2n) is 3.81. The zero-order valence-corrected chi connectivity index (χ0v) is 10.7. The van der Waals surface area contributed by atoms with Crippen LogP contribution >= 0.6 is 0 Å². The summed E-state index contributed by atoms with van der Waals surface area (Å²) in [6.45, 7) is 0. The number of hydrogen-bond acceptors (Lipinski definition) is 5. The normalized spacial score (nSPS) is 12.8. The number of carbonyl (C=O) groups is 2. The minimum Gasteiger partial charge on any atom is -0.548 e. The molecule has 3 N–H and O–H groups in total. The second-order valence-corrected chi connectivity index (χ2v) is 5.52. The van der Waals surface area contributed by atoms with E-state index in [0.717, 1.165) is 0 Å². The van der Waals surface area contributed by atoms with Crippen molar-refractivity contribution < 1.29 is 23.1 Å². The molecule has 8 heteroatoms. The Hall–Kier alpha value is -1.93. The Morgan fingerprint density at radius 1 is 1.26 bits per heavy atom. The van der Waals surface area contributed by atoms with Crippen LogP contribution in [0.15, 0.2) is 35.2 Å². The molecular formula is C11H13N2O5S-. The van der Waals surface area contributed by atoms with Crippen molar-refractivity contribution in [1.82, 2.24) is 4.72 Å². The summed E-state index contributed by atoms with van der Waals surface area (Å²) in [7, 11) is -3.98. The highest BCUT2D eigenvalue weighted by Gasteiger charge is 2.21. The van der Waals surface area contributed by atoms with Gasteiger partial charge in [-0.2, -0.15) is 0 Å². The molecule has 0 saturated carbocycles. The fourth-order valence-electron chi connectivity index (χ4n) is 1.37. The summed E-state index contributed by atoms with van der Waals surface area (Å²) in [4.78, 5) is 21.4. The molecule has 0 fully saturated rings. The summed E-state index contributed by atoms with van der Waals surface area (Å²) in [5.41, 5.74) is 4.89. The quantitative estimate of drug-likeness (QED) is 0.620. The molecule has 0 spiro atoms. The number of primary amides is 1. The summed E-state index contributed by atoms with van der Waals surface area (Å²) < 4.78 is 25.7. The minimum atomic E-state index is -3.98. The lowest BCUT2D eigenvalue weighted by Gasteiger charge is -2.19. The number of sulfonamides is 1. The van der Waals surface area contributed by atoms with E-state index in [4.69, 9.17) is 5.73 Å². The van der Waals surface area contributed by atoms with E-state index in [1.165, 1.54) is 24.3 Å². The van der Waals surface area contributed by atoms with E-state index in [9.17, 15) is 23.1 Å². The molecule has 1 aromatic carbocycles. The molecule has 1 aromatic rings. The summed E-state index contributed by atoms with van der Waals surface area (Å²) >= 11 is 0. The molecule has 19 heavy (non-hydrogen) atoms. The molecule has 1 atom stereocenters. The highest BCUT2D eigenvalue weighted by Crippen LogP contribution is 2.09. The van der Waals surface area contributed by atoms with Crippen molar-refractivity contribution in [3.05, 3.63) is 30.3 Å². The van der Waals surface area contributed by atoms with Crippen molar-refractivity contribution in [2.75, 3.05) is 0 Å². The number of carbonyl (C=O) groups excluding carboxylic acids is 2. The van der Waals surface area contributed by atoms with Gasteiger partial charge < -0.3 is 15.6 Å². The molecule has 0 saturated heterocycles. The maximum Gasteiger partial charge on any atom is 0.241 e. The number of aliphatic carboxylic acids is 1. The van der Waals surface area contributed by atoms with Crippen LogP contribution in [0, 0.1) is 0 Å². The van der Waals surface area contributed by atoms with Gasteiger partial charge >= 0.3 is 0 Å². The number of carboxylic acid groups (broad SMARTS) is 1. The largest absolute Gasteiger partial charge is 0.548 e. The summed E-state index contributed by atoms with van der Waals surface area (Å²) in [6.07, 6.45) is -0.514. The number of amides is 1. The van der Waals surface area contributed by atoms with E-state index >= 15 is 0 Å². The smallest absolute Gasteiger partial charge is 0.241 e. The zero-order chi connectivity index (χ0) is 14.5. The highest BCUT2D eigenvalue weighted by molar-refractivity contribution is 7.89. The Morgan fingerprint density at radius 3 is 2.32 bits per heavy atom. The molecule has 0 aliphatic heterocycles. The molecule has 0 unspecified atom stereocenters. The third-order valence-corrected chi connectivity index (χ3v) is 3.80. The van der Waals surface area contributed by atoms with E-state index in [2.05, 4.69) is 0 Å². The van der Waals surface area contributed by atoms with Crippen LogP contribution in [0.25, 0.3) is 0 Å². The van der Waals surface area contributed by atoms with E-state index in [1.807, 2.05) is 4.72 Å². The first kappa shape index (κ1) is 15.1. The Kier molecular flexibility index (Phi) is 5.02. The number of nitrogens with one attached hydrogen (secondary N) is 1. The predicted molar refractivity (Wildman–Crippen MR) is 64.0 cm³/mol.